The monoisotopic (exact) mass is 235 g/mol. The number of ether oxygens (including phenoxy) is 1. The molecular weight excluding hydrogens is 222 g/mol. The zero-order chi connectivity index (χ0) is 12.4. The van der Waals surface area contributed by atoms with Crippen LogP contribution in [0.4, 0.5) is 0 Å². The Labute approximate surface area is 98.2 Å². The number of pyridine rings is 1. The van der Waals surface area contributed by atoms with Gasteiger partial charge in [-0.3, -0.25) is 9.59 Å². The van der Waals surface area contributed by atoms with Crippen LogP contribution in [-0.2, 0) is 0 Å². The first-order valence-electron chi connectivity index (χ1n) is 5.31. The van der Waals surface area contributed by atoms with Crippen LogP contribution in [0.1, 0.15) is 33.8 Å². The van der Waals surface area contributed by atoms with Crippen molar-refractivity contribution < 1.29 is 14.3 Å². The van der Waals surface area contributed by atoms with E-state index in [1.807, 2.05) is 0 Å². The van der Waals surface area contributed by atoms with Gasteiger partial charge in [0, 0.05) is 7.05 Å². The number of primary amides is 1. The smallest absolute Gasteiger partial charge is 0.271 e. The fourth-order valence-electron chi connectivity index (χ4n) is 1.34. The van der Waals surface area contributed by atoms with Crippen molar-refractivity contribution >= 4 is 11.8 Å². The van der Waals surface area contributed by atoms with Crippen molar-refractivity contribution in [3.8, 4) is 5.75 Å². The minimum atomic E-state index is -0.702. The van der Waals surface area contributed by atoms with Gasteiger partial charge in [-0.05, 0) is 25.0 Å². The molecule has 0 spiro atoms. The quantitative estimate of drug-likeness (QED) is 0.772. The number of carbonyl (C=O) groups is 2. The first kappa shape index (κ1) is 11.4. The third-order valence-corrected chi connectivity index (χ3v) is 2.37. The molecule has 0 unspecified atom stereocenters. The summed E-state index contributed by atoms with van der Waals surface area (Å²) in [7, 11) is 1.49. The minimum absolute atomic E-state index is 0.00185. The third-order valence-electron chi connectivity index (χ3n) is 2.37. The van der Waals surface area contributed by atoms with Gasteiger partial charge >= 0.3 is 0 Å². The molecule has 1 aromatic heterocycles. The standard InChI is InChI=1S/C11H13N3O3/c1-13-11(16)7-4-5-8(17-6-2-3-6)9(14-7)10(12)15/h4-6H,2-3H2,1H3,(H2,12,15)(H,13,16). The molecule has 3 N–H and O–H groups in total. The Morgan fingerprint density at radius 1 is 1.47 bits per heavy atom. The summed E-state index contributed by atoms with van der Waals surface area (Å²) in [5.74, 6) is -0.732. The van der Waals surface area contributed by atoms with Crippen LogP contribution in [-0.4, -0.2) is 29.9 Å². The molecule has 0 bridgehead atoms. The van der Waals surface area contributed by atoms with Crippen molar-refractivity contribution in [2.45, 2.75) is 18.9 Å². The van der Waals surface area contributed by atoms with Gasteiger partial charge < -0.3 is 15.8 Å². The Morgan fingerprint density at radius 3 is 2.71 bits per heavy atom. The average molecular weight is 235 g/mol. The lowest BCUT2D eigenvalue weighted by Crippen LogP contribution is -2.22. The first-order chi connectivity index (χ1) is 8.11. The van der Waals surface area contributed by atoms with Crippen LogP contribution in [0.3, 0.4) is 0 Å². The molecule has 17 heavy (non-hydrogen) atoms. The van der Waals surface area contributed by atoms with Crippen molar-refractivity contribution in [3.63, 3.8) is 0 Å². The number of nitrogens with two attached hydrogens (primary N) is 1. The summed E-state index contributed by atoms with van der Waals surface area (Å²) in [6.45, 7) is 0. The molecule has 1 aliphatic carbocycles. The zero-order valence-electron chi connectivity index (χ0n) is 9.40. The van der Waals surface area contributed by atoms with Crippen LogP contribution in [0.5, 0.6) is 5.75 Å². The molecule has 1 aliphatic rings. The van der Waals surface area contributed by atoms with Crippen molar-refractivity contribution in [2.75, 3.05) is 7.05 Å². The SMILES string of the molecule is CNC(=O)c1ccc(OC2CC2)c(C(N)=O)n1. The van der Waals surface area contributed by atoms with Gasteiger partial charge in [0.15, 0.2) is 11.4 Å². The van der Waals surface area contributed by atoms with E-state index in [0.717, 1.165) is 12.8 Å². The third kappa shape index (κ3) is 2.52. The second-order valence-corrected chi connectivity index (χ2v) is 3.80. The van der Waals surface area contributed by atoms with E-state index in [2.05, 4.69) is 10.3 Å². The van der Waals surface area contributed by atoms with Crippen LogP contribution in [0, 0.1) is 0 Å². The molecule has 90 valence electrons. The van der Waals surface area contributed by atoms with E-state index in [1.165, 1.54) is 13.1 Å². The van der Waals surface area contributed by atoms with E-state index in [0.29, 0.717) is 5.75 Å². The predicted octanol–water partition coefficient (Wildman–Crippen LogP) is 0.0813. The topological polar surface area (TPSA) is 94.3 Å². The normalized spacial score (nSPS) is 14.2. The number of nitrogens with zero attached hydrogens (tertiary/aromatic N) is 1. The Hall–Kier alpha value is -2.11. The molecule has 1 saturated carbocycles. The first-order valence-corrected chi connectivity index (χ1v) is 5.31. The number of nitrogens with one attached hydrogen (secondary N) is 1. The van der Waals surface area contributed by atoms with Gasteiger partial charge in [-0.15, -0.1) is 0 Å². The fourth-order valence-corrected chi connectivity index (χ4v) is 1.34. The van der Waals surface area contributed by atoms with Gasteiger partial charge in [0.1, 0.15) is 5.69 Å². The number of hydrogen-bond donors (Lipinski definition) is 2. The highest BCUT2D eigenvalue weighted by Gasteiger charge is 2.26. The highest BCUT2D eigenvalue weighted by Crippen LogP contribution is 2.28. The van der Waals surface area contributed by atoms with Gasteiger partial charge in [-0.2, -0.15) is 0 Å². The van der Waals surface area contributed by atoms with Crippen LogP contribution >= 0.6 is 0 Å². The maximum Gasteiger partial charge on any atom is 0.271 e. The highest BCUT2D eigenvalue weighted by molar-refractivity contribution is 5.97. The van der Waals surface area contributed by atoms with E-state index in [-0.39, 0.29) is 23.4 Å². The van der Waals surface area contributed by atoms with Crippen molar-refractivity contribution in [1.82, 2.24) is 10.3 Å². The lowest BCUT2D eigenvalue weighted by Gasteiger charge is -2.09. The maximum absolute atomic E-state index is 11.4. The minimum Gasteiger partial charge on any atom is -0.488 e. The number of amides is 2. The van der Waals surface area contributed by atoms with E-state index in [9.17, 15) is 9.59 Å². The van der Waals surface area contributed by atoms with E-state index in [1.54, 1.807) is 6.07 Å². The summed E-state index contributed by atoms with van der Waals surface area (Å²) in [5.41, 5.74) is 5.35. The van der Waals surface area contributed by atoms with E-state index >= 15 is 0 Å². The second-order valence-electron chi connectivity index (χ2n) is 3.80. The second kappa shape index (κ2) is 4.40. The molecule has 6 heteroatoms. The summed E-state index contributed by atoms with van der Waals surface area (Å²) in [6, 6.07) is 3.05. The van der Waals surface area contributed by atoms with Crippen LogP contribution < -0.4 is 15.8 Å². The predicted molar refractivity (Wildman–Crippen MR) is 59.8 cm³/mol. The lowest BCUT2D eigenvalue weighted by molar-refractivity contribution is 0.0957. The summed E-state index contributed by atoms with van der Waals surface area (Å²) in [5, 5.41) is 2.43. The van der Waals surface area contributed by atoms with Gasteiger partial charge in [0.2, 0.25) is 0 Å². The van der Waals surface area contributed by atoms with Gasteiger partial charge in [-0.1, -0.05) is 0 Å². The Morgan fingerprint density at radius 2 is 2.18 bits per heavy atom. The Balaban J connectivity index is 2.32. The number of aromatic nitrogens is 1. The molecule has 6 nitrogen and oxygen atoms in total. The molecular formula is C11H13N3O3. The Bertz CT molecular complexity index is 469. The Kier molecular flexibility index (Phi) is 2.95. The molecule has 1 heterocycles. The average Bonchev–Trinajstić information content (AvgIpc) is 3.12. The lowest BCUT2D eigenvalue weighted by atomic mass is 10.2. The number of hydrogen-bond acceptors (Lipinski definition) is 4. The molecule has 1 fully saturated rings. The molecule has 0 aromatic carbocycles. The summed E-state index contributed by atoms with van der Waals surface area (Å²) >= 11 is 0. The van der Waals surface area contributed by atoms with Crippen LogP contribution in [0.2, 0.25) is 0 Å². The highest BCUT2D eigenvalue weighted by atomic mass is 16.5. The van der Waals surface area contributed by atoms with Crippen molar-refractivity contribution in [3.05, 3.63) is 23.5 Å². The molecule has 1 aromatic rings. The van der Waals surface area contributed by atoms with E-state index in [4.69, 9.17) is 10.5 Å². The summed E-state index contributed by atoms with van der Waals surface area (Å²) in [4.78, 5) is 26.5. The van der Waals surface area contributed by atoms with E-state index < -0.39 is 5.91 Å². The zero-order valence-corrected chi connectivity index (χ0v) is 9.40. The van der Waals surface area contributed by atoms with Gasteiger partial charge in [0.25, 0.3) is 11.8 Å². The van der Waals surface area contributed by atoms with Gasteiger partial charge in [0.05, 0.1) is 6.10 Å². The van der Waals surface area contributed by atoms with Crippen LogP contribution in [0.15, 0.2) is 12.1 Å². The molecule has 2 rings (SSSR count). The summed E-state index contributed by atoms with van der Waals surface area (Å²) < 4.78 is 5.49. The fraction of sp³-hybridized carbons (Fsp3) is 0.364. The summed E-state index contributed by atoms with van der Waals surface area (Å²) in [6.07, 6.45) is 2.07. The molecule has 0 aliphatic heterocycles. The molecule has 0 atom stereocenters. The van der Waals surface area contributed by atoms with Crippen molar-refractivity contribution in [2.24, 2.45) is 5.73 Å². The number of rotatable bonds is 4. The molecule has 0 radical (unpaired) electrons. The van der Waals surface area contributed by atoms with Gasteiger partial charge in [-0.25, -0.2) is 4.98 Å². The largest absolute Gasteiger partial charge is 0.488 e. The maximum atomic E-state index is 11.4. The van der Waals surface area contributed by atoms with Crippen LogP contribution in [0.25, 0.3) is 0 Å². The molecule has 0 saturated heterocycles. The number of carbonyl (C=O) groups excluding carboxylic acids is 2. The van der Waals surface area contributed by atoms with Crippen molar-refractivity contribution in [1.29, 1.82) is 0 Å². The molecule has 2 amide bonds.